The fraction of sp³-hybridized carbons (Fsp3) is 0.533. The summed E-state index contributed by atoms with van der Waals surface area (Å²) in [7, 11) is 0. The zero-order valence-corrected chi connectivity index (χ0v) is 13.3. The molecule has 1 fully saturated rings. The Morgan fingerprint density at radius 2 is 1.86 bits per heavy atom. The third kappa shape index (κ3) is 2.25. The lowest BCUT2D eigenvalue weighted by Gasteiger charge is -2.22. The topological polar surface area (TPSA) is 38.8 Å². The molecule has 114 valence electrons. The van der Waals surface area contributed by atoms with Crippen LogP contribution in [0, 0.1) is 0 Å². The minimum atomic E-state index is -1.40. The van der Waals surface area contributed by atoms with Gasteiger partial charge in [0.15, 0.2) is 0 Å². The zero-order valence-electron chi connectivity index (χ0n) is 11.8. The molecule has 3 rings (SSSR count). The van der Waals surface area contributed by atoms with E-state index in [0.717, 1.165) is 19.3 Å². The molecule has 6 heteroatoms. The maximum atomic E-state index is 12.8. The molecule has 0 aromatic heterocycles. The summed E-state index contributed by atoms with van der Waals surface area (Å²) in [6, 6.07) is 3.38. The van der Waals surface area contributed by atoms with Gasteiger partial charge in [0.05, 0.1) is 34.5 Å². The van der Waals surface area contributed by atoms with E-state index in [9.17, 15) is 4.79 Å². The van der Waals surface area contributed by atoms with Gasteiger partial charge < -0.3 is 14.4 Å². The first-order valence-corrected chi connectivity index (χ1v) is 7.95. The Balaban J connectivity index is 2.06. The largest absolute Gasteiger partial charge is 0.336 e. The normalized spacial score (nSPS) is 19.6. The van der Waals surface area contributed by atoms with Crippen molar-refractivity contribution in [2.45, 2.75) is 32.0 Å². The number of anilines is 1. The summed E-state index contributed by atoms with van der Waals surface area (Å²) in [6.07, 6.45) is 3.03. The number of carbonyl (C=O) groups excluding carboxylic acids is 1. The van der Waals surface area contributed by atoms with Gasteiger partial charge in [-0.05, 0) is 18.6 Å². The summed E-state index contributed by atoms with van der Waals surface area (Å²) >= 11 is 12.6. The first-order chi connectivity index (χ1) is 10.1. The number of halogens is 2. The second kappa shape index (κ2) is 5.76. The van der Waals surface area contributed by atoms with E-state index in [4.69, 9.17) is 32.7 Å². The SMILES string of the molecule is CCCCCN1C(=O)C2(OCCO2)c2c(Cl)ccc(Cl)c21. The molecule has 1 saturated heterocycles. The number of fused-ring (bicyclic) bond motifs is 2. The summed E-state index contributed by atoms with van der Waals surface area (Å²) in [5, 5.41) is 0.942. The van der Waals surface area contributed by atoms with Crippen molar-refractivity contribution < 1.29 is 14.3 Å². The van der Waals surface area contributed by atoms with Gasteiger partial charge in [-0.25, -0.2) is 0 Å². The van der Waals surface area contributed by atoms with E-state index in [1.54, 1.807) is 17.0 Å². The van der Waals surface area contributed by atoms with E-state index >= 15 is 0 Å². The van der Waals surface area contributed by atoms with Crippen LogP contribution in [0.5, 0.6) is 0 Å². The summed E-state index contributed by atoms with van der Waals surface area (Å²) in [5.41, 5.74) is 1.18. The molecule has 0 bridgehead atoms. The van der Waals surface area contributed by atoms with Crippen LogP contribution in [0.15, 0.2) is 12.1 Å². The van der Waals surface area contributed by atoms with Crippen molar-refractivity contribution in [3.8, 4) is 0 Å². The molecule has 2 heterocycles. The van der Waals surface area contributed by atoms with Gasteiger partial charge in [-0.2, -0.15) is 0 Å². The lowest BCUT2D eigenvalue weighted by Crippen LogP contribution is -2.41. The van der Waals surface area contributed by atoms with Gasteiger partial charge in [0.25, 0.3) is 11.7 Å². The Bertz CT molecular complexity index is 570. The van der Waals surface area contributed by atoms with Crippen LogP contribution >= 0.6 is 23.2 Å². The van der Waals surface area contributed by atoms with Crippen LogP contribution in [0.3, 0.4) is 0 Å². The smallest absolute Gasteiger partial charge is 0.292 e. The number of benzene rings is 1. The van der Waals surface area contributed by atoms with Crippen molar-refractivity contribution in [1.29, 1.82) is 0 Å². The summed E-state index contributed by atoms with van der Waals surface area (Å²) in [4.78, 5) is 14.5. The Morgan fingerprint density at radius 1 is 1.19 bits per heavy atom. The van der Waals surface area contributed by atoms with Gasteiger partial charge in [-0.1, -0.05) is 43.0 Å². The van der Waals surface area contributed by atoms with Crippen LogP contribution in [0.4, 0.5) is 5.69 Å². The van der Waals surface area contributed by atoms with E-state index in [-0.39, 0.29) is 5.91 Å². The van der Waals surface area contributed by atoms with Crippen LogP contribution < -0.4 is 4.90 Å². The molecule has 4 nitrogen and oxygen atoms in total. The molecule has 1 amide bonds. The molecule has 0 radical (unpaired) electrons. The predicted molar refractivity (Wildman–Crippen MR) is 81.9 cm³/mol. The van der Waals surface area contributed by atoms with Crippen molar-refractivity contribution in [3.05, 3.63) is 27.7 Å². The number of nitrogens with zero attached hydrogens (tertiary/aromatic N) is 1. The van der Waals surface area contributed by atoms with E-state index < -0.39 is 5.79 Å². The molecule has 21 heavy (non-hydrogen) atoms. The highest BCUT2D eigenvalue weighted by molar-refractivity contribution is 6.38. The number of unbranched alkanes of at least 4 members (excludes halogenated alkanes) is 2. The number of carbonyl (C=O) groups is 1. The summed E-state index contributed by atoms with van der Waals surface area (Å²) in [6.45, 7) is 3.45. The molecular formula is C15H17Cl2NO3. The predicted octanol–water partition coefficient (Wildman–Crippen LogP) is 3.73. The van der Waals surface area contributed by atoms with E-state index in [0.29, 0.717) is 41.1 Å². The monoisotopic (exact) mass is 329 g/mol. The molecule has 0 saturated carbocycles. The van der Waals surface area contributed by atoms with Crippen LogP contribution in [0.2, 0.25) is 10.0 Å². The van der Waals surface area contributed by atoms with Crippen LogP contribution in [0.1, 0.15) is 31.7 Å². The number of amides is 1. The maximum Gasteiger partial charge on any atom is 0.292 e. The highest BCUT2D eigenvalue weighted by atomic mass is 35.5. The average molecular weight is 330 g/mol. The molecule has 1 aromatic carbocycles. The molecule has 1 spiro atoms. The molecule has 0 unspecified atom stereocenters. The summed E-state index contributed by atoms with van der Waals surface area (Å²) < 4.78 is 11.3. The maximum absolute atomic E-state index is 12.8. The van der Waals surface area contributed by atoms with Gasteiger partial charge in [-0.3, -0.25) is 4.79 Å². The Labute approximate surface area is 133 Å². The van der Waals surface area contributed by atoms with Crippen molar-refractivity contribution in [2.75, 3.05) is 24.7 Å². The highest BCUT2D eigenvalue weighted by Crippen LogP contribution is 2.51. The Kier molecular flexibility index (Phi) is 4.14. The first-order valence-electron chi connectivity index (χ1n) is 7.20. The van der Waals surface area contributed by atoms with Crippen molar-refractivity contribution in [3.63, 3.8) is 0 Å². The van der Waals surface area contributed by atoms with Crippen molar-refractivity contribution in [2.24, 2.45) is 0 Å². The van der Waals surface area contributed by atoms with Gasteiger partial charge in [0.1, 0.15) is 0 Å². The minimum Gasteiger partial charge on any atom is -0.336 e. The lowest BCUT2D eigenvalue weighted by atomic mass is 10.1. The lowest BCUT2D eigenvalue weighted by molar-refractivity contribution is -0.180. The van der Waals surface area contributed by atoms with Gasteiger partial charge >= 0.3 is 0 Å². The molecular weight excluding hydrogens is 313 g/mol. The Hall–Kier alpha value is -0.810. The van der Waals surface area contributed by atoms with Gasteiger partial charge in [0, 0.05) is 6.54 Å². The highest BCUT2D eigenvalue weighted by Gasteiger charge is 2.57. The molecule has 0 N–H and O–H groups in total. The molecule has 0 aliphatic carbocycles. The van der Waals surface area contributed by atoms with Crippen LogP contribution in [-0.2, 0) is 20.1 Å². The quantitative estimate of drug-likeness (QED) is 0.790. The third-order valence-corrected chi connectivity index (χ3v) is 4.50. The minimum absolute atomic E-state index is 0.221. The van der Waals surface area contributed by atoms with Crippen molar-refractivity contribution in [1.82, 2.24) is 0 Å². The standard InChI is InChI=1S/C15H17Cl2NO3/c1-2-3-4-7-18-13-11(17)6-5-10(16)12(13)15(14(18)19)20-8-9-21-15/h5-6H,2-4,7-9H2,1H3. The average Bonchev–Trinajstić information content (AvgIpc) is 3.04. The number of ether oxygens (including phenoxy) is 2. The van der Waals surface area contributed by atoms with Gasteiger partial charge in [0.2, 0.25) is 0 Å². The number of rotatable bonds is 4. The van der Waals surface area contributed by atoms with Crippen LogP contribution in [-0.4, -0.2) is 25.7 Å². The van der Waals surface area contributed by atoms with E-state index in [2.05, 4.69) is 6.92 Å². The molecule has 1 aromatic rings. The second-order valence-electron chi connectivity index (χ2n) is 5.23. The van der Waals surface area contributed by atoms with E-state index in [1.165, 1.54) is 0 Å². The fourth-order valence-corrected chi connectivity index (χ4v) is 3.45. The molecule has 2 aliphatic heterocycles. The number of hydrogen-bond donors (Lipinski definition) is 0. The zero-order chi connectivity index (χ0) is 15.0. The Morgan fingerprint density at radius 3 is 2.52 bits per heavy atom. The number of hydrogen-bond acceptors (Lipinski definition) is 3. The van der Waals surface area contributed by atoms with Gasteiger partial charge in [-0.15, -0.1) is 0 Å². The van der Waals surface area contributed by atoms with E-state index in [1.807, 2.05) is 0 Å². The third-order valence-electron chi connectivity index (χ3n) is 3.88. The molecule has 0 atom stereocenters. The molecule has 2 aliphatic rings. The summed E-state index contributed by atoms with van der Waals surface area (Å²) in [5.74, 6) is -1.62. The van der Waals surface area contributed by atoms with Crippen molar-refractivity contribution >= 4 is 34.8 Å². The first kappa shape index (κ1) is 15.1. The fourth-order valence-electron chi connectivity index (χ4n) is 2.92. The van der Waals surface area contributed by atoms with Crippen LogP contribution in [0.25, 0.3) is 0 Å². The second-order valence-corrected chi connectivity index (χ2v) is 6.04.